The Bertz CT molecular complexity index is 1130. The van der Waals surface area contributed by atoms with Crippen LogP contribution in [0.3, 0.4) is 0 Å². The van der Waals surface area contributed by atoms with Crippen molar-refractivity contribution in [3.8, 4) is 0 Å². The van der Waals surface area contributed by atoms with Gasteiger partial charge < -0.3 is 0 Å². The molecule has 0 aromatic heterocycles. The van der Waals surface area contributed by atoms with Crippen molar-refractivity contribution in [2.75, 3.05) is 13.1 Å². The molecule has 2 aromatic carbocycles. The number of thioether (sulfide) groups is 1. The van der Waals surface area contributed by atoms with Crippen molar-refractivity contribution in [2.45, 2.75) is 45.4 Å². The summed E-state index contributed by atoms with van der Waals surface area (Å²) in [7, 11) is 0. The van der Waals surface area contributed by atoms with E-state index in [-0.39, 0.29) is 5.91 Å². The minimum absolute atomic E-state index is 0.0633. The highest BCUT2D eigenvalue weighted by Gasteiger charge is 2.18. The minimum atomic E-state index is 0.0633. The van der Waals surface area contributed by atoms with E-state index in [9.17, 15) is 4.79 Å². The number of hydrogen-bond acceptors (Lipinski definition) is 4. The molecule has 1 amide bonds. The molecule has 186 valence electrons. The van der Waals surface area contributed by atoms with Crippen LogP contribution in [-0.2, 0) is 4.79 Å². The zero-order valence-corrected chi connectivity index (χ0v) is 23.9. The van der Waals surface area contributed by atoms with E-state index in [0.717, 1.165) is 61.3 Å². The normalized spacial score (nSPS) is 13.1. The molecule has 0 bridgehead atoms. The largest absolute Gasteiger partial charge is 0.289 e. The average molecular weight is 575 g/mol. The lowest BCUT2D eigenvalue weighted by molar-refractivity contribution is -0.125. The van der Waals surface area contributed by atoms with Crippen molar-refractivity contribution in [3.63, 3.8) is 0 Å². The quantitative estimate of drug-likeness (QED) is 0.255. The summed E-state index contributed by atoms with van der Waals surface area (Å²) in [5, 5.41) is 2.67. The van der Waals surface area contributed by atoms with E-state index in [1.807, 2.05) is 61.3 Å². The lowest BCUT2D eigenvalue weighted by Crippen LogP contribution is -2.42. The Labute approximate surface area is 227 Å². The van der Waals surface area contributed by atoms with Crippen LogP contribution in [0.1, 0.15) is 51.7 Å². The molecular weight excluding hydrogens is 542 g/mol. The van der Waals surface area contributed by atoms with Gasteiger partial charge in [0.05, 0.1) is 11.4 Å². The first-order chi connectivity index (χ1) is 16.8. The third-order valence-corrected chi connectivity index (χ3v) is 6.84. The Kier molecular flexibility index (Phi) is 12.6. The molecule has 0 saturated carbocycles. The van der Waals surface area contributed by atoms with E-state index in [1.54, 1.807) is 17.8 Å². The molecule has 1 aliphatic heterocycles. The first-order valence-electron chi connectivity index (χ1n) is 11.6. The summed E-state index contributed by atoms with van der Waals surface area (Å²) in [5.74, 6) is 0.0633. The predicted octanol–water partition coefficient (Wildman–Crippen LogP) is 8.18. The van der Waals surface area contributed by atoms with Gasteiger partial charge in [0.25, 0.3) is 0 Å². The number of halogens is 2. The summed E-state index contributed by atoms with van der Waals surface area (Å²) in [5.41, 5.74) is 6.83. The minimum Gasteiger partial charge on any atom is -0.289 e. The van der Waals surface area contributed by atoms with Crippen LogP contribution in [0.25, 0.3) is 0 Å². The van der Waals surface area contributed by atoms with Crippen molar-refractivity contribution in [1.29, 1.82) is 0 Å². The number of hydrogen-bond donors (Lipinski definition) is 1. The van der Waals surface area contributed by atoms with Crippen LogP contribution in [0.4, 0.5) is 0 Å². The summed E-state index contributed by atoms with van der Waals surface area (Å²) >= 11 is 11.4. The molecule has 1 heterocycles. The van der Waals surface area contributed by atoms with Crippen molar-refractivity contribution < 1.29 is 4.79 Å². The molecule has 0 atom stereocenters. The van der Waals surface area contributed by atoms with Crippen LogP contribution >= 0.6 is 39.3 Å². The summed E-state index contributed by atoms with van der Waals surface area (Å²) in [6.45, 7) is 13.8. The molecule has 0 spiro atoms. The Balaban J connectivity index is 0.000000287. The van der Waals surface area contributed by atoms with Gasteiger partial charge in [0.15, 0.2) is 0 Å². The molecule has 0 unspecified atom stereocenters. The Hall–Kier alpha value is -2.12. The first-order valence-corrected chi connectivity index (χ1v) is 13.6. The van der Waals surface area contributed by atoms with E-state index in [1.165, 1.54) is 0 Å². The number of carbonyl (C=O) groups is 1. The van der Waals surface area contributed by atoms with E-state index >= 15 is 0 Å². The molecule has 35 heavy (non-hydrogen) atoms. The van der Waals surface area contributed by atoms with Crippen LogP contribution in [0, 0.1) is 0 Å². The van der Waals surface area contributed by atoms with Gasteiger partial charge in [-0.15, -0.1) is 0 Å². The van der Waals surface area contributed by atoms with Gasteiger partial charge in [0, 0.05) is 49.9 Å². The molecule has 0 fully saturated rings. The number of fused-ring (bicyclic) bond motifs is 1. The highest BCUT2D eigenvalue weighted by molar-refractivity contribution is 9.10. The second-order valence-corrected chi connectivity index (χ2v) is 10.4. The van der Waals surface area contributed by atoms with Gasteiger partial charge in [-0.25, -0.2) is 10.0 Å². The number of carbonyl (C=O) groups excluding carboxylic acids is 1. The maximum Gasteiger partial charge on any atom is 0.238 e. The number of aliphatic imine (C=N–C) groups is 1. The smallest absolute Gasteiger partial charge is 0.238 e. The van der Waals surface area contributed by atoms with Crippen molar-refractivity contribution in [2.24, 2.45) is 4.99 Å². The second kappa shape index (κ2) is 15.1. The van der Waals surface area contributed by atoms with Crippen molar-refractivity contribution >= 4 is 50.9 Å². The van der Waals surface area contributed by atoms with Gasteiger partial charge >= 0.3 is 0 Å². The molecule has 4 nitrogen and oxygen atoms in total. The topological polar surface area (TPSA) is 44.7 Å². The Morgan fingerprint density at radius 1 is 1.26 bits per heavy atom. The maximum absolute atomic E-state index is 11.2. The molecule has 1 N–H and O–H groups in total. The van der Waals surface area contributed by atoms with E-state index in [0.29, 0.717) is 6.42 Å². The molecule has 0 saturated heterocycles. The SMILES string of the molecule is C/C=C\CC(=O)NN(CC)CCC.C=CC1=C(C)Sc2cc(Cl)ccc2C(c2cccc(Br)c2)=N1. The van der Waals surface area contributed by atoms with Crippen molar-refractivity contribution in [3.05, 3.63) is 98.5 Å². The summed E-state index contributed by atoms with van der Waals surface area (Å²) in [6, 6.07) is 14.1. The van der Waals surface area contributed by atoms with Crippen molar-refractivity contribution in [1.82, 2.24) is 10.4 Å². The van der Waals surface area contributed by atoms with Crippen LogP contribution in [0.2, 0.25) is 5.02 Å². The number of nitrogens with zero attached hydrogens (tertiary/aromatic N) is 2. The zero-order valence-electron chi connectivity index (χ0n) is 20.8. The monoisotopic (exact) mass is 573 g/mol. The van der Waals surface area contributed by atoms with E-state index < -0.39 is 0 Å². The molecule has 0 radical (unpaired) electrons. The number of allylic oxidation sites excluding steroid dienone is 3. The van der Waals surface area contributed by atoms with Crippen LogP contribution in [0.5, 0.6) is 0 Å². The first kappa shape index (κ1) is 29.1. The molecule has 7 heteroatoms. The molecular formula is C28H33BrClN3OS. The Morgan fingerprint density at radius 3 is 2.66 bits per heavy atom. The lowest BCUT2D eigenvalue weighted by Gasteiger charge is -2.19. The fraction of sp³-hybridized carbons (Fsp3) is 0.286. The standard InChI is InChI=1S/C18H13BrClNS.C10H20N2O/c1-3-16-11(2)22-17-10-14(20)7-8-15(17)18(21-16)12-5-4-6-13(19)9-12;1-4-7-8-10(13)11-12(6-3)9-5-2/h3-10H,1H2,2H3;4,7H,5-6,8-9H2,1-3H3,(H,11,13)/b;7-4-. The van der Waals surface area contributed by atoms with Crippen LogP contribution in [0.15, 0.2) is 92.2 Å². The molecule has 1 aliphatic rings. The van der Waals surface area contributed by atoms with Gasteiger partial charge in [0.2, 0.25) is 5.91 Å². The molecule has 0 aliphatic carbocycles. The lowest BCUT2D eigenvalue weighted by atomic mass is 10.0. The highest BCUT2D eigenvalue weighted by Crippen LogP contribution is 2.38. The van der Waals surface area contributed by atoms with E-state index in [2.05, 4.69) is 53.9 Å². The summed E-state index contributed by atoms with van der Waals surface area (Å²) < 4.78 is 1.03. The zero-order chi connectivity index (χ0) is 25.8. The molecule has 3 rings (SSSR count). The number of benzene rings is 2. The Morgan fingerprint density at radius 2 is 2.03 bits per heavy atom. The molecule has 2 aromatic rings. The predicted molar refractivity (Wildman–Crippen MR) is 155 cm³/mol. The highest BCUT2D eigenvalue weighted by atomic mass is 79.9. The van der Waals surface area contributed by atoms with Crippen LogP contribution < -0.4 is 5.43 Å². The van der Waals surface area contributed by atoms with Gasteiger partial charge in [-0.2, -0.15) is 0 Å². The third-order valence-electron chi connectivity index (χ3n) is 5.04. The number of nitrogens with one attached hydrogen (secondary N) is 1. The fourth-order valence-corrected chi connectivity index (χ4v) is 4.97. The number of rotatable bonds is 8. The van der Waals surface area contributed by atoms with E-state index in [4.69, 9.17) is 16.6 Å². The van der Waals surface area contributed by atoms with Gasteiger partial charge in [-0.3, -0.25) is 10.2 Å². The number of amides is 1. The fourth-order valence-electron chi connectivity index (χ4n) is 3.31. The van der Waals surface area contributed by atoms with Crippen LogP contribution in [-0.4, -0.2) is 29.7 Å². The van der Waals surface area contributed by atoms with Gasteiger partial charge in [-0.05, 0) is 50.6 Å². The summed E-state index contributed by atoms with van der Waals surface area (Å²) in [4.78, 5) is 18.3. The number of hydrazine groups is 1. The second-order valence-electron chi connectivity index (χ2n) is 7.75. The average Bonchev–Trinajstić information content (AvgIpc) is 2.97. The maximum atomic E-state index is 11.2. The summed E-state index contributed by atoms with van der Waals surface area (Å²) in [6.07, 6.45) is 7.06. The van der Waals surface area contributed by atoms with Gasteiger partial charge in [-0.1, -0.05) is 90.1 Å². The van der Waals surface area contributed by atoms with Gasteiger partial charge in [0.1, 0.15) is 0 Å². The third kappa shape index (κ3) is 9.12.